The lowest BCUT2D eigenvalue weighted by molar-refractivity contribution is 0.301. The first kappa shape index (κ1) is 18.1. The minimum Gasteiger partial charge on any atom is -0.366 e. The minimum atomic E-state index is 0.181. The molecule has 0 saturated heterocycles. The van der Waals surface area contributed by atoms with Gasteiger partial charge in [0.15, 0.2) is 0 Å². The van der Waals surface area contributed by atoms with E-state index in [1.807, 2.05) is 18.2 Å². The molecular weight excluding hydrogens is 294 g/mol. The van der Waals surface area contributed by atoms with Crippen molar-refractivity contribution in [2.45, 2.75) is 27.3 Å². The number of methoxy groups -OCH3 is 1. The second-order valence-corrected chi connectivity index (χ2v) is 6.98. The number of rotatable bonds is 5. The topological polar surface area (TPSA) is 12.5 Å². The number of ether oxygens (including phenoxy) is 1. The molecule has 0 unspecified atom stereocenters. The summed E-state index contributed by atoms with van der Waals surface area (Å²) in [6, 6.07) is 18.8. The van der Waals surface area contributed by atoms with Gasteiger partial charge in [-0.2, -0.15) is 0 Å². The fraction of sp³-hybridized carbons (Fsp3) is 0.318. The zero-order chi connectivity index (χ0) is 17.4. The van der Waals surface area contributed by atoms with Crippen molar-refractivity contribution >= 4 is 5.69 Å². The summed E-state index contributed by atoms with van der Waals surface area (Å²) in [5.74, 6) is 5.96. The molecule has 2 heteroatoms. The fourth-order valence-electron chi connectivity index (χ4n) is 2.60. The molecule has 0 atom stereocenters. The van der Waals surface area contributed by atoms with Gasteiger partial charge in [-0.25, -0.2) is 0 Å². The van der Waals surface area contributed by atoms with Crippen molar-refractivity contribution < 1.29 is 4.74 Å². The number of benzene rings is 2. The third-order valence-electron chi connectivity index (χ3n) is 3.48. The molecule has 0 aliphatic carbocycles. The van der Waals surface area contributed by atoms with E-state index in [1.165, 1.54) is 5.56 Å². The van der Waals surface area contributed by atoms with Crippen LogP contribution in [0.3, 0.4) is 0 Å². The Kier molecular flexibility index (Phi) is 6.46. The van der Waals surface area contributed by atoms with Gasteiger partial charge in [-0.15, -0.1) is 0 Å². The third-order valence-corrected chi connectivity index (χ3v) is 3.48. The maximum absolute atomic E-state index is 4.80. The molecule has 0 heterocycles. The van der Waals surface area contributed by atoms with Crippen molar-refractivity contribution in [2.75, 3.05) is 18.6 Å². The van der Waals surface area contributed by atoms with E-state index in [2.05, 4.69) is 80.5 Å². The van der Waals surface area contributed by atoms with Gasteiger partial charge in [-0.3, -0.25) is 0 Å². The quantitative estimate of drug-likeness (QED) is 0.736. The highest BCUT2D eigenvalue weighted by Gasteiger charge is 2.19. The van der Waals surface area contributed by atoms with Crippen LogP contribution in [0.25, 0.3) is 0 Å². The number of hydrogen-bond donors (Lipinski definition) is 0. The van der Waals surface area contributed by atoms with E-state index in [1.54, 1.807) is 7.11 Å². The standard InChI is InChI=1S/C22H25NO/c1-22(2,3)18-23(17-19-11-6-5-7-12-19)21-15-9-8-13-20(21)14-10-16-24-4/h5-9,11-13,15H,17-18H2,1-4H3. The summed E-state index contributed by atoms with van der Waals surface area (Å²) in [5, 5.41) is 0. The summed E-state index contributed by atoms with van der Waals surface area (Å²) in [7, 11) is 1.56. The molecule has 0 amide bonds. The molecule has 124 valence electrons. The Hall–Kier alpha value is -2.24. The summed E-state index contributed by atoms with van der Waals surface area (Å²) in [4.78, 5) is 2.39. The summed E-state index contributed by atoms with van der Waals surface area (Å²) in [5.41, 5.74) is 3.60. The van der Waals surface area contributed by atoms with Gasteiger partial charge in [-0.05, 0) is 23.1 Å². The molecule has 2 nitrogen and oxygen atoms in total. The van der Waals surface area contributed by atoms with E-state index in [0.717, 1.165) is 24.3 Å². The number of anilines is 1. The van der Waals surface area contributed by atoms with Gasteiger partial charge in [0.05, 0.1) is 5.69 Å². The van der Waals surface area contributed by atoms with E-state index in [4.69, 9.17) is 4.74 Å². The Balaban J connectivity index is 2.35. The average Bonchev–Trinajstić information content (AvgIpc) is 2.55. The number of hydrogen-bond acceptors (Lipinski definition) is 2. The SMILES string of the molecule is CO[C]C#Cc1ccccc1N(Cc1ccccc1)CC(C)(C)C. The molecule has 0 aromatic heterocycles. The van der Waals surface area contributed by atoms with E-state index >= 15 is 0 Å². The van der Waals surface area contributed by atoms with E-state index in [9.17, 15) is 0 Å². The minimum absolute atomic E-state index is 0.181. The highest BCUT2D eigenvalue weighted by atomic mass is 16.5. The van der Waals surface area contributed by atoms with Crippen LogP contribution in [0.1, 0.15) is 31.9 Å². The van der Waals surface area contributed by atoms with Crippen LogP contribution in [0.2, 0.25) is 0 Å². The lowest BCUT2D eigenvalue weighted by Crippen LogP contribution is -2.32. The van der Waals surface area contributed by atoms with Gasteiger partial charge in [0, 0.05) is 25.8 Å². The monoisotopic (exact) mass is 319 g/mol. The van der Waals surface area contributed by atoms with Crippen LogP contribution in [0, 0.1) is 23.9 Å². The van der Waals surface area contributed by atoms with Crippen LogP contribution in [-0.4, -0.2) is 13.7 Å². The molecular formula is C22H25NO. The van der Waals surface area contributed by atoms with Crippen LogP contribution < -0.4 is 4.90 Å². The summed E-state index contributed by atoms with van der Waals surface area (Å²) >= 11 is 0. The predicted octanol–water partition coefficient (Wildman–Crippen LogP) is 4.78. The number of para-hydroxylation sites is 1. The molecule has 2 radical (unpaired) electrons. The summed E-state index contributed by atoms with van der Waals surface area (Å²) in [6.07, 6.45) is 0. The van der Waals surface area contributed by atoms with Crippen LogP contribution in [0.4, 0.5) is 5.69 Å². The first-order valence-electron chi connectivity index (χ1n) is 8.16. The molecule has 0 fully saturated rings. The highest BCUT2D eigenvalue weighted by molar-refractivity contribution is 5.61. The zero-order valence-electron chi connectivity index (χ0n) is 15.0. The summed E-state index contributed by atoms with van der Waals surface area (Å²) in [6.45, 7) is 11.1. The largest absolute Gasteiger partial charge is 0.366 e. The van der Waals surface area contributed by atoms with Crippen LogP contribution in [0.15, 0.2) is 54.6 Å². The van der Waals surface area contributed by atoms with Crippen LogP contribution in [-0.2, 0) is 11.3 Å². The summed E-state index contributed by atoms with van der Waals surface area (Å²) < 4.78 is 4.80. The van der Waals surface area contributed by atoms with Gasteiger partial charge >= 0.3 is 0 Å². The molecule has 0 aliphatic heterocycles. The third kappa shape index (κ3) is 5.76. The predicted molar refractivity (Wildman–Crippen MR) is 101 cm³/mol. The highest BCUT2D eigenvalue weighted by Crippen LogP contribution is 2.26. The molecule has 0 aliphatic rings. The molecule has 0 N–H and O–H groups in total. The first-order chi connectivity index (χ1) is 11.5. The Labute approximate surface area is 146 Å². The van der Waals surface area contributed by atoms with E-state index in [0.29, 0.717) is 0 Å². The Morgan fingerprint density at radius 3 is 2.29 bits per heavy atom. The molecule has 2 rings (SSSR count). The second-order valence-electron chi connectivity index (χ2n) is 6.98. The van der Waals surface area contributed by atoms with Crippen LogP contribution >= 0.6 is 0 Å². The first-order valence-corrected chi connectivity index (χ1v) is 8.16. The van der Waals surface area contributed by atoms with Gasteiger partial charge in [0.1, 0.15) is 0 Å². The van der Waals surface area contributed by atoms with E-state index < -0.39 is 0 Å². The van der Waals surface area contributed by atoms with Gasteiger partial charge < -0.3 is 9.64 Å². The normalized spacial score (nSPS) is 10.8. The van der Waals surface area contributed by atoms with Crippen molar-refractivity contribution in [1.82, 2.24) is 0 Å². The Morgan fingerprint density at radius 2 is 1.62 bits per heavy atom. The van der Waals surface area contributed by atoms with Gasteiger partial charge in [-0.1, -0.05) is 75.1 Å². The maximum atomic E-state index is 4.80. The number of nitrogens with zero attached hydrogens (tertiary/aromatic N) is 1. The second kappa shape index (κ2) is 8.57. The van der Waals surface area contributed by atoms with E-state index in [-0.39, 0.29) is 5.41 Å². The lowest BCUT2D eigenvalue weighted by Gasteiger charge is -2.32. The smallest absolute Gasteiger partial charge is 0.217 e. The molecule has 0 bridgehead atoms. The van der Waals surface area contributed by atoms with Gasteiger partial charge in [0.2, 0.25) is 6.61 Å². The molecule has 0 saturated carbocycles. The van der Waals surface area contributed by atoms with Crippen molar-refractivity contribution in [3.05, 3.63) is 72.3 Å². The molecule has 24 heavy (non-hydrogen) atoms. The fourth-order valence-corrected chi connectivity index (χ4v) is 2.60. The molecule has 2 aromatic carbocycles. The Morgan fingerprint density at radius 1 is 0.958 bits per heavy atom. The zero-order valence-corrected chi connectivity index (χ0v) is 15.0. The van der Waals surface area contributed by atoms with Crippen molar-refractivity contribution in [1.29, 1.82) is 0 Å². The average molecular weight is 319 g/mol. The Bertz CT molecular complexity index is 689. The van der Waals surface area contributed by atoms with Crippen LogP contribution in [0.5, 0.6) is 0 Å². The molecule has 2 aromatic rings. The van der Waals surface area contributed by atoms with Crippen molar-refractivity contribution in [3.8, 4) is 11.8 Å². The lowest BCUT2D eigenvalue weighted by atomic mass is 9.95. The van der Waals surface area contributed by atoms with Crippen molar-refractivity contribution in [3.63, 3.8) is 0 Å². The maximum Gasteiger partial charge on any atom is 0.217 e. The van der Waals surface area contributed by atoms with Crippen molar-refractivity contribution in [2.24, 2.45) is 5.41 Å². The van der Waals surface area contributed by atoms with Gasteiger partial charge in [0.25, 0.3) is 0 Å². The molecule has 0 spiro atoms.